The van der Waals surface area contributed by atoms with E-state index in [4.69, 9.17) is 11.2 Å². The van der Waals surface area contributed by atoms with Gasteiger partial charge in [-0.05, 0) is 24.3 Å². The van der Waals surface area contributed by atoms with Crippen molar-refractivity contribution in [3.05, 3.63) is 64.2 Å². The third-order valence-electron chi connectivity index (χ3n) is 3.51. The highest BCUT2D eigenvalue weighted by Crippen LogP contribution is 2.19. The highest BCUT2D eigenvalue weighted by atomic mass is 16.6. The number of non-ortho nitro benzene ring substituents is 1. The highest BCUT2D eigenvalue weighted by molar-refractivity contribution is 5.94. The van der Waals surface area contributed by atoms with Crippen LogP contribution in [0.15, 0.2) is 48.5 Å². The number of likely N-dealkylation sites (N-methyl/N-ethyl adjacent to an activating group) is 1. The molecule has 0 aromatic heterocycles. The van der Waals surface area contributed by atoms with Crippen molar-refractivity contribution in [2.24, 2.45) is 0 Å². The molecule has 2 rings (SSSR count). The quantitative estimate of drug-likeness (QED) is 0.458. The number of nitrogens with one attached hydrogen (secondary N) is 1. The molecule has 8 heteroatoms. The topological polar surface area (TPSA) is 102 Å². The average molecular weight is 367 g/mol. The van der Waals surface area contributed by atoms with E-state index >= 15 is 0 Å². The molecule has 1 N–H and O–H groups in total. The molecule has 0 heterocycles. The van der Waals surface area contributed by atoms with Crippen molar-refractivity contribution in [3.8, 4) is 18.1 Å². The Labute approximate surface area is 155 Å². The summed E-state index contributed by atoms with van der Waals surface area (Å²) in [5, 5.41) is 13.4. The molecular formula is C19H17N3O5. The Bertz CT molecular complexity index is 904. The van der Waals surface area contributed by atoms with Crippen LogP contribution in [0.3, 0.4) is 0 Å². The Kier molecular flexibility index (Phi) is 6.49. The van der Waals surface area contributed by atoms with Gasteiger partial charge in [-0.15, -0.1) is 6.42 Å². The Morgan fingerprint density at radius 1 is 1.26 bits per heavy atom. The van der Waals surface area contributed by atoms with Crippen LogP contribution in [0, 0.1) is 22.5 Å². The third-order valence-corrected chi connectivity index (χ3v) is 3.51. The minimum absolute atomic E-state index is 0.137. The Morgan fingerprint density at radius 3 is 2.70 bits per heavy atom. The molecule has 0 aliphatic carbocycles. The molecule has 27 heavy (non-hydrogen) atoms. The first-order chi connectivity index (χ1) is 12.9. The number of benzene rings is 2. The lowest BCUT2D eigenvalue weighted by Crippen LogP contribution is -2.37. The van der Waals surface area contributed by atoms with Crippen LogP contribution in [0.4, 0.5) is 11.4 Å². The maximum atomic E-state index is 12.1. The normalized spacial score (nSPS) is 9.78. The zero-order chi connectivity index (χ0) is 19.8. The Hall–Kier alpha value is -3.86. The summed E-state index contributed by atoms with van der Waals surface area (Å²) in [7, 11) is 1.45. The molecule has 0 saturated heterocycles. The van der Waals surface area contributed by atoms with E-state index < -0.39 is 16.7 Å². The first-order valence-electron chi connectivity index (χ1n) is 7.87. The molecule has 0 aliphatic rings. The fourth-order valence-corrected chi connectivity index (χ4v) is 2.13. The minimum Gasteiger partial charge on any atom is -0.484 e. The summed E-state index contributed by atoms with van der Waals surface area (Å²) >= 11 is 0. The standard InChI is InChI=1S/C19H17N3O5/c1-3-14-6-4-7-15(10-14)20-18(23)12-21(2)19(24)13-27-17-9-5-8-16(11-17)22(25)26/h1,4-11H,12-13H2,2H3,(H,20,23). The predicted octanol–water partition coefficient (Wildman–Crippen LogP) is 2.05. The zero-order valence-electron chi connectivity index (χ0n) is 14.5. The van der Waals surface area contributed by atoms with Crippen LogP contribution in [0.2, 0.25) is 0 Å². The number of terminal acetylenes is 1. The van der Waals surface area contributed by atoms with E-state index in [2.05, 4.69) is 11.2 Å². The van der Waals surface area contributed by atoms with Crippen LogP contribution in [-0.2, 0) is 9.59 Å². The van der Waals surface area contributed by atoms with Crippen molar-refractivity contribution in [2.45, 2.75) is 0 Å². The molecule has 138 valence electrons. The van der Waals surface area contributed by atoms with E-state index in [9.17, 15) is 19.7 Å². The van der Waals surface area contributed by atoms with Crippen molar-refractivity contribution in [1.29, 1.82) is 0 Å². The maximum Gasteiger partial charge on any atom is 0.273 e. The first-order valence-corrected chi connectivity index (χ1v) is 7.87. The van der Waals surface area contributed by atoms with Gasteiger partial charge in [0.2, 0.25) is 5.91 Å². The molecule has 0 radical (unpaired) electrons. The number of hydrogen-bond acceptors (Lipinski definition) is 5. The molecule has 0 atom stereocenters. The van der Waals surface area contributed by atoms with Gasteiger partial charge in [-0.25, -0.2) is 0 Å². The van der Waals surface area contributed by atoms with Gasteiger partial charge in [0.15, 0.2) is 6.61 Å². The fourth-order valence-electron chi connectivity index (χ4n) is 2.13. The number of nitro benzene ring substituents is 1. The second-order valence-electron chi connectivity index (χ2n) is 5.57. The molecule has 0 unspecified atom stereocenters. The zero-order valence-corrected chi connectivity index (χ0v) is 14.5. The number of carbonyl (C=O) groups excluding carboxylic acids is 2. The SMILES string of the molecule is C#Cc1cccc(NC(=O)CN(C)C(=O)COc2cccc([N+](=O)[O-])c2)c1. The number of amides is 2. The van der Waals surface area contributed by atoms with Crippen molar-refractivity contribution in [1.82, 2.24) is 4.90 Å². The van der Waals surface area contributed by atoms with Gasteiger partial charge in [-0.2, -0.15) is 0 Å². The summed E-state index contributed by atoms with van der Waals surface area (Å²) in [6, 6.07) is 12.3. The van der Waals surface area contributed by atoms with E-state index in [1.54, 1.807) is 24.3 Å². The highest BCUT2D eigenvalue weighted by Gasteiger charge is 2.15. The van der Waals surface area contributed by atoms with Crippen LogP contribution >= 0.6 is 0 Å². The lowest BCUT2D eigenvalue weighted by atomic mass is 10.2. The number of nitro groups is 1. The van der Waals surface area contributed by atoms with Gasteiger partial charge in [0.25, 0.3) is 11.6 Å². The number of ether oxygens (including phenoxy) is 1. The Morgan fingerprint density at radius 2 is 2.00 bits per heavy atom. The largest absolute Gasteiger partial charge is 0.484 e. The number of anilines is 1. The summed E-state index contributed by atoms with van der Waals surface area (Å²) < 4.78 is 5.26. The molecule has 0 saturated carbocycles. The van der Waals surface area contributed by atoms with E-state index in [-0.39, 0.29) is 24.6 Å². The molecule has 0 aliphatic heterocycles. The third kappa shape index (κ3) is 5.86. The molecule has 0 bridgehead atoms. The van der Waals surface area contributed by atoms with Crippen molar-refractivity contribution in [2.75, 3.05) is 25.5 Å². The minimum atomic E-state index is -0.555. The van der Waals surface area contributed by atoms with Crippen LogP contribution < -0.4 is 10.1 Å². The van der Waals surface area contributed by atoms with E-state index in [1.807, 2.05) is 0 Å². The lowest BCUT2D eigenvalue weighted by molar-refractivity contribution is -0.384. The van der Waals surface area contributed by atoms with Crippen molar-refractivity contribution < 1.29 is 19.2 Å². The molecule has 2 aromatic rings. The maximum absolute atomic E-state index is 12.1. The summed E-state index contributed by atoms with van der Waals surface area (Å²) in [4.78, 5) is 35.5. The predicted molar refractivity (Wildman–Crippen MR) is 99.2 cm³/mol. The first kappa shape index (κ1) is 19.5. The number of rotatable bonds is 7. The van der Waals surface area contributed by atoms with Crippen molar-refractivity contribution in [3.63, 3.8) is 0 Å². The van der Waals surface area contributed by atoms with Crippen molar-refractivity contribution >= 4 is 23.2 Å². The van der Waals surface area contributed by atoms with E-state index in [0.717, 1.165) is 0 Å². The summed E-state index contributed by atoms with van der Waals surface area (Å²) in [5.74, 6) is 1.82. The van der Waals surface area contributed by atoms with Gasteiger partial charge in [0.1, 0.15) is 5.75 Å². The molecule has 2 amide bonds. The van der Waals surface area contributed by atoms with Gasteiger partial charge in [0, 0.05) is 24.4 Å². The second-order valence-corrected chi connectivity index (χ2v) is 5.57. The van der Waals surface area contributed by atoms with Crippen LogP contribution in [-0.4, -0.2) is 41.8 Å². The lowest BCUT2D eigenvalue weighted by Gasteiger charge is -2.17. The fraction of sp³-hybridized carbons (Fsp3) is 0.158. The van der Waals surface area contributed by atoms with Gasteiger partial charge in [-0.1, -0.05) is 18.1 Å². The molecular weight excluding hydrogens is 350 g/mol. The van der Waals surface area contributed by atoms with Gasteiger partial charge in [-0.3, -0.25) is 19.7 Å². The van der Waals surface area contributed by atoms with Gasteiger partial charge >= 0.3 is 0 Å². The summed E-state index contributed by atoms with van der Waals surface area (Å²) in [5.41, 5.74) is 1.02. The number of hydrogen-bond donors (Lipinski definition) is 1. The summed E-state index contributed by atoms with van der Waals surface area (Å²) in [6.45, 7) is -0.533. The van der Waals surface area contributed by atoms with E-state index in [1.165, 1.54) is 36.2 Å². The number of nitrogens with zero attached hydrogens (tertiary/aromatic N) is 2. The second kappa shape index (κ2) is 9.01. The van der Waals surface area contributed by atoms with Gasteiger partial charge in [0.05, 0.1) is 17.5 Å². The monoisotopic (exact) mass is 367 g/mol. The molecule has 0 fully saturated rings. The van der Waals surface area contributed by atoms with Crippen LogP contribution in [0.25, 0.3) is 0 Å². The molecule has 8 nitrogen and oxygen atoms in total. The summed E-state index contributed by atoms with van der Waals surface area (Å²) in [6.07, 6.45) is 5.31. The average Bonchev–Trinajstić information content (AvgIpc) is 2.66. The smallest absolute Gasteiger partial charge is 0.273 e. The van der Waals surface area contributed by atoms with Crippen LogP contribution in [0.1, 0.15) is 5.56 Å². The number of carbonyl (C=O) groups is 2. The van der Waals surface area contributed by atoms with E-state index in [0.29, 0.717) is 11.3 Å². The molecule has 2 aromatic carbocycles. The Balaban J connectivity index is 1.86. The van der Waals surface area contributed by atoms with Crippen LogP contribution in [0.5, 0.6) is 5.75 Å². The molecule has 0 spiro atoms. The van der Waals surface area contributed by atoms with Gasteiger partial charge < -0.3 is 15.0 Å².